The van der Waals surface area contributed by atoms with Crippen LogP contribution in [0.1, 0.15) is 24.5 Å². The van der Waals surface area contributed by atoms with Gasteiger partial charge in [0.15, 0.2) is 0 Å². The summed E-state index contributed by atoms with van der Waals surface area (Å²) in [5.41, 5.74) is 1.13. The van der Waals surface area contributed by atoms with E-state index in [0.29, 0.717) is 16.7 Å². The predicted octanol–water partition coefficient (Wildman–Crippen LogP) is 2.39. The second-order valence-corrected chi connectivity index (χ2v) is 7.59. The highest BCUT2D eigenvalue weighted by atomic mass is 19.1. The molecule has 0 aliphatic rings. The maximum Gasteiger partial charge on any atom is 0.394 e. The lowest BCUT2D eigenvalue weighted by Gasteiger charge is -2.28. The van der Waals surface area contributed by atoms with Crippen molar-refractivity contribution in [3.8, 4) is 11.1 Å². The molecule has 0 aliphatic heterocycles. The summed E-state index contributed by atoms with van der Waals surface area (Å²) in [4.78, 5) is 34.0. The molecule has 0 aliphatic carbocycles. The number of carboxylic acid groups (broad SMARTS) is 2. The molecule has 0 radical (unpaired) electrons. The van der Waals surface area contributed by atoms with Crippen molar-refractivity contribution in [2.75, 3.05) is 6.61 Å². The van der Waals surface area contributed by atoms with E-state index in [2.05, 4.69) is 5.32 Å². The third kappa shape index (κ3) is 5.64. The Balaban J connectivity index is 2.26. The van der Waals surface area contributed by atoms with E-state index in [9.17, 15) is 29.0 Å². The summed E-state index contributed by atoms with van der Waals surface area (Å²) in [6.45, 7) is 2.50. The summed E-state index contributed by atoms with van der Waals surface area (Å²) < 4.78 is 14.1. The monoisotopic (exact) mass is 417 g/mol. The van der Waals surface area contributed by atoms with Crippen LogP contribution >= 0.6 is 0 Å². The Morgan fingerprint density at radius 1 is 1.10 bits per heavy atom. The second-order valence-electron chi connectivity index (χ2n) is 7.59. The Bertz CT molecular complexity index is 943. The first kappa shape index (κ1) is 23.0. The van der Waals surface area contributed by atoms with Crippen LogP contribution in [0.5, 0.6) is 0 Å². The topological polar surface area (TPSA) is 124 Å². The molecule has 2 rings (SSSR count). The highest BCUT2D eigenvalue weighted by Gasteiger charge is 2.36. The zero-order valence-corrected chi connectivity index (χ0v) is 16.7. The molecule has 0 unspecified atom stereocenters. The van der Waals surface area contributed by atoms with Gasteiger partial charge in [-0.2, -0.15) is 0 Å². The van der Waals surface area contributed by atoms with Gasteiger partial charge in [-0.25, -0.2) is 9.18 Å². The molecular formula is C22H24FNO6. The fourth-order valence-corrected chi connectivity index (χ4v) is 3.15. The number of nitrogens with one attached hydrogen (secondary N) is 1. The summed E-state index contributed by atoms with van der Waals surface area (Å²) in [7, 11) is 0. The molecule has 2 aromatic rings. The maximum atomic E-state index is 14.1. The van der Waals surface area contributed by atoms with Crippen LogP contribution in [-0.2, 0) is 20.8 Å². The van der Waals surface area contributed by atoms with Gasteiger partial charge in [-0.05, 0) is 49.9 Å². The van der Waals surface area contributed by atoms with E-state index in [4.69, 9.17) is 5.11 Å². The van der Waals surface area contributed by atoms with Crippen LogP contribution in [0.2, 0.25) is 0 Å². The fraction of sp³-hybridized carbons (Fsp3) is 0.318. The minimum absolute atomic E-state index is 0.137. The van der Waals surface area contributed by atoms with Gasteiger partial charge in [-0.15, -0.1) is 0 Å². The number of carbonyl (C=O) groups excluding carboxylic acids is 1. The van der Waals surface area contributed by atoms with Gasteiger partial charge in [-0.3, -0.25) is 9.59 Å². The fourth-order valence-electron chi connectivity index (χ4n) is 3.15. The van der Waals surface area contributed by atoms with Gasteiger partial charge in [0.2, 0.25) is 0 Å². The van der Waals surface area contributed by atoms with E-state index in [-0.39, 0.29) is 18.7 Å². The molecule has 2 aromatic carbocycles. The molecule has 8 heteroatoms. The number of aliphatic carboxylic acids is 2. The van der Waals surface area contributed by atoms with E-state index in [1.54, 1.807) is 36.4 Å². The minimum atomic E-state index is -1.69. The molecule has 1 amide bonds. The van der Waals surface area contributed by atoms with Crippen molar-refractivity contribution >= 4 is 17.8 Å². The SMILES string of the molecule is Cc1ccc(F)c(-c2ccc(C[C@H](C[C@@](C)(CO)C(=O)O)NC(=O)C(=O)O)cc2)c1. The molecule has 0 bridgehead atoms. The number of carbonyl (C=O) groups is 3. The zero-order valence-electron chi connectivity index (χ0n) is 16.7. The lowest BCUT2D eigenvalue weighted by molar-refractivity contribution is -0.152. The van der Waals surface area contributed by atoms with Crippen LogP contribution in [0.25, 0.3) is 11.1 Å². The third-order valence-electron chi connectivity index (χ3n) is 4.96. The highest BCUT2D eigenvalue weighted by Crippen LogP contribution is 2.27. The quantitative estimate of drug-likeness (QED) is 0.489. The van der Waals surface area contributed by atoms with Crippen LogP contribution in [0.3, 0.4) is 0 Å². The molecule has 0 spiro atoms. The summed E-state index contributed by atoms with van der Waals surface area (Å²) in [5.74, 6) is -4.57. The number of benzene rings is 2. The Morgan fingerprint density at radius 2 is 1.73 bits per heavy atom. The number of aliphatic hydroxyl groups excluding tert-OH is 1. The molecule has 0 heterocycles. The summed E-state index contributed by atoms with van der Waals surface area (Å²) in [6.07, 6.45) is -0.0371. The molecule has 0 aromatic heterocycles. The number of hydrogen-bond donors (Lipinski definition) is 4. The zero-order chi connectivity index (χ0) is 22.5. The van der Waals surface area contributed by atoms with E-state index in [1.165, 1.54) is 13.0 Å². The van der Waals surface area contributed by atoms with E-state index < -0.39 is 35.9 Å². The Kier molecular flexibility index (Phi) is 7.28. The predicted molar refractivity (Wildman–Crippen MR) is 107 cm³/mol. The normalized spacial score (nSPS) is 13.9. The summed E-state index contributed by atoms with van der Waals surface area (Å²) in [5, 5.41) is 30.0. The first-order valence-corrected chi connectivity index (χ1v) is 9.29. The number of carboxylic acids is 2. The molecule has 160 valence electrons. The van der Waals surface area contributed by atoms with Gasteiger partial charge in [0.05, 0.1) is 12.0 Å². The number of hydrogen-bond acceptors (Lipinski definition) is 4. The number of aryl methyl sites for hydroxylation is 1. The van der Waals surface area contributed by atoms with E-state index in [0.717, 1.165) is 5.56 Å². The molecule has 0 saturated carbocycles. The first-order valence-electron chi connectivity index (χ1n) is 9.29. The minimum Gasteiger partial charge on any atom is -0.481 e. The van der Waals surface area contributed by atoms with E-state index in [1.807, 2.05) is 6.92 Å². The van der Waals surface area contributed by atoms with Crippen molar-refractivity contribution in [1.82, 2.24) is 5.32 Å². The van der Waals surface area contributed by atoms with Gasteiger partial charge in [0, 0.05) is 11.6 Å². The van der Waals surface area contributed by atoms with Gasteiger partial charge >= 0.3 is 17.8 Å². The average Bonchev–Trinajstić information content (AvgIpc) is 2.70. The summed E-state index contributed by atoms with van der Waals surface area (Å²) >= 11 is 0. The average molecular weight is 417 g/mol. The molecular weight excluding hydrogens is 393 g/mol. The van der Waals surface area contributed by atoms with Crippen LogP contribution in [-0.4, -0.2) is 45.8 Å². The number of halogens is 1. The van der Waals surface area contributed by atoms with Crippen molar-refractivity contribution in [3.05, 3.63) is 59.4 Å². The number of rotatable bonds is 8. The molecule has 4 N–H and O–H groups in total. The molecule has 30 heavy (non-hydrogen) atoms. The van der Waals surface area contributed by atoms with Crippen LogP contribution < -0.4 is 5.32 Å². The standard InChI is InChI=1S/C22H24FNO6/c1-13-3-8-18(23)17(9-13)15-6-4-14(5-7-15)10-16(24-19(26)20(27)28)11-22(2,12-25)21(29)30/h3-9,16,25H,10-12H2,1-2H3,(H,24,26)(H,27,28)(H,29,30)/t16-,22+/m1/s1. The Hall–Kier alpha value is -3.26. The van der Waals surface area contributed by atoms with Crippen LogP contribution in [0.4, 0.5) is 4.39 Å². The number of aliphatic hydroxyl groups is 1. The molecule has 0 fully saturated rings. The third-order valence-corrected chi connectivity index (χ3v) is 4.96. The molecule has 0 saturated heterocycles. The Morgan fingerprint density at radius 3 is 2.27 bits per heavy atom. The highest BCUT2D eigenvalue weighted by molar-refractivity contribution is 6.31. The van der Waals surface area contributed by atoms with Crippen molar-refractivity contribution in [1.29, 1.82) is 0 Å². The number of amides is 1. The van der Waals surface area contributed by atoms with Gasteiger partial charge in [0.25, 0.3) is 0 Å². The second kappa shape index (κ2) is 9.49. The van der Waals surface area contributed by atoms with Gasteiger partial charge in [0.1, 0.15) is 5.82 Å². The van der Waals surface area contributed by atoms with Crippen molar-refractivity contribution in [2.24, 2.45) is 5.41 Å². The summed E-state index contributed by atoms with van der Waals surface area (Å²) in [6, 6.07) is 10.7. The largest absolute Gasteiger partial charge is 0.481 e. The van der Waals surface area contributed by atoms with Crippen molar-refractivity contribution in [3.63, 3.8) is 0 Å². The van der Waals surface area contributed by atoms with Gasteiger partial charge in [-0.1, -0.05) is 35.9 Å². The smallest absolute Gasteiger partial charge is 0.394 e. The molecule has 2 atom stereocenters. The lowest BCUT2D eigenvalue weighted by Crippen LogP contribution is -2.46. The van der Waals surface area contributed by atoms with Crippen LogP contribution in [0, 0.1) is 18.2 Å². The van der Waals surface area contributed by atoms with Crippen LogP contribution in [0.15, 0.2) is 42.5 Å². The van der Waals surface area contributed by atoms with E-state index >= 15 is 0 Å². The van der Waals surface area contributed by atoms with Gasteiger partial charge < -0.3 is 20.6 Å². The maximum absolute atomic E-state index is 14.1. The lowest BCUT2D eigenvalue weighted by atomic mass is 9.82. The Labute approximate surface area is 173 Å². The van der Waals surface area contributed by atoms with Crippen molar-refractivity contribution in [2.45, 2.75) is 32.7 Å². The first-order chi connectivity index (χ1) is 14.1. The molecule has 7 nitrogen and oxygen atoms in total. The van der Waals surface area contributed by atoms with Crippen molar-refractivity contribution < 1.29 is 34.1 Å².